The molecule has 1 aliphatic rings. The maximum Gasteiger partial charge on any atom is 0.404 e. The number of aromatic nitrogens is 1. The van der Waals surface area contributed by atoms with Gasteiger partial charge in [-0.2, -0.15) is 0 Å². The fraction of sp³-hybridized carbons (Fsp3) is 0.250. The van der Waals surface area contributed by atoms with Crippen LogP contribution in [0.25, 0.3) is 10.9 Å². The molecule has 1 aliphatic heterocycles. The zero-order chi connectivity index (χ0) is 13.7. The number of rotatable bonds is 1. The van der Waals surface area contributed by atoms with Gasteiger partial charge in [0.1, 0.15) is 0 Å². The molecule has 3 rings (SSSR count). The van der Waals surface area contributed by atoms with Crippen LogP contribution in [0, 0.1) is 0 Å². The molecule has 2 heterocycles. The molecule has 0 aliphatic carbocycles. The van der Waals surface area contributed by atoms with Crippen LogP contribution in [0.5, 0.6) is 0 Å². The van der Waals surface area contributed by atoms with Crippen LogP contribution in [0.2, 0.25) is 10.0 Å². The van der Waals surface area contributed by atoms with Crippen molar-refractivity contribution in [1.82, 2.24) is 9.88 Å². The van der Waals surface area contributed by atoms with Crippen LogP contribution < -0.4 is 5.32 Å². The van der Waals surface area contributed by atoms with E-state index in [9.17, 15) is 4.79 Å². The van der Waals surface area contributed by atoms with Crippen molar-refractivity contribution in [2.24, 2.45) is 0 Å². The smallest absolute Gasteiger partial charge is 0.404 e. The molecule has 4 nitrogen and oxygen atoms in total. The van der Waals surface area contributed by atoms with Crippen LogP contribution in [-0.4, -0.2) is 21.8 Å². The predicted octanol–water partition coefficient (Wildman–Crippen LogP) is 3.90. The number of nitrogens with one attached hydrogen (secondary N) is 1. The van der Waals surface area contributed by atoms with E-state index in [4.69, 9.17) is 28.3 Å². The lowest BCUT2D eigenvalue weighted by Gasteiger charge is -2.10. The second-order valence-electron chi connectivity index (χ2n) is 4.51. The number of nitrogens with zero attached hydrogens (tertiary/aromatic N) is 1. The molecule has 19 heavy (non-hydrogen) atoms. The summed E-state index contributed by atoms with van der Waals surface area (Å²) in [6.07, 6.45) is -0.346. The van der Waals surface area contributed by atoms with E-state index in [1.165, 1.54) is 0 Å². The van der Waals surface area contributed by atoms with E-state index >= 15 is 0 Å². The molecule has 100 valence electrons. The zero-order valence-corrected chi connectivity index (χ0v) is 12.7. The lowest BCUT2D eigenvalue weighted by Crippen LogP contribution is -2.34. The number of carboxylic acid groups (broad SMARTS) is 1. The molecule has 0 fully saturated rings. The van der Waals surface area contributed by atoms with Gasteiger partial charge in [-0.25, -0.2) is 4.79 Å². The Morgan fingerprint density at radius 2 is 2.21 bits per heavy atom. The van der Waals surface area contributed by atoms with Gasteiger partial charge in [0.25, 0.3) is 0 Å². The molecule has 2 aromatic rings. The molecule has 1 aromatic heterocycles. The van der Waals surface area contributed by atoms with Crippen molar-refractivity contribution < 1.29 is 9.90 Å². The highest BCUT2D eigenvalue weighted by Crippen LogP contribution is 2.39. The summed E-state index contributed by atoms with van der Waals surface area (Å²) in [6.45, 7) is 0.599. The van der Waals surface area contributed by atoms with E-state index in [1.807, 2.05) is 6.07 Å². The SMILES string of the molecule is O=C(O)NC1Cc2cc3c(Cl)c(Cl)cc(Br)c3n2C1. The van der Waals surface area contributed by atoms with Crippen LogP contribution in [0.4, 0.5) is 4.79 Å². The van der Waals surface area contributed by atoms with Gasteiger partial charge in [-0.3, -0.25) is 0 Å². The average Bonchev–Trinajstić information content (AvgIpc) is 2.81. The molecule has 0 radical (unpaired) electrons. The number of fused-ring (bicyclic) bond motifs is 3. The monoisotopic (exact) mass is 362 g/mol. The Balaban J connectivity index is 2.09. The normalized spacial score (nSPS) is 17.7. The molecule has 0 saturated carbocycles. The summed E-state index contributed by atoms with van der Waals surface area (Å²) in [5.74, 6) is 0. The standard InChI is InChI=1S/C12H9BrCl2N2O2/c13-8-3-9(14)10(15)7-2-6-1-5(16-12(18)19)4-17(6)11(7)8/h2-3,5,16H,1,4H2,(H,18,19). The van der Waals surface area contributed by atoms with Gasteiger partial charge < -0.3 is 15.0 Å². The van der Waals surface area contributed by atoms with Gasteiger partial charge in [-0.1, -0.05) is 23.2 Å². The molecule has 7 heteroatoms. The van der Waals surface area contributed by atoms with E-state index in [2.05, 4.69) is 25.8 Å². The third-order valence-electron chi connectivity index (χ3n) is 3.29. The number of amides is 1. The van der Waals surface area contributed by atoms with Gasteiger partial charge >= 0.3 is 6.09 Å². The van der Waals surface area contributed by atoms with Crippen LogP contribution in [0.3, 0.4) is 0 Å². The third-order valence-corrected chi connectivity index (χ3v) is 4.70. The number of benzene rings is 1. The summed E-state index contributed by atoms with van der Waals surface area (Å²) in [5, 5.41) is 13.2. The molecule has 1 aromatic carbocycles. The van der Waals surface area contributed by atoms with Crippen LogP contribution in [-0.2, 0) is 13.0 Å². The van der Waals surface area contributed by atoms with Crippen molar-refractivity contribution in [2.75, 3.05) is 0 Å². The van der Waals surface area contributed by atoms with E-state index in [0.29, 0.717) is 23.0 Å². The Labute approximate surface area is 127 Å². The second-order valence-corrected chi connectivity index (χ2v) is 6.15. The Morgan fingerprint density at radius 1 is 1.47 bits per heavy atom. The van der Waals surface area contributed by atoms with Gasteiger partial charge in [0.05, 0.1) is 21.6 Å². The van der Waals surface area contributed by atoms with Crippen LogP contribution in [0.1, 0.15) is 5.69 Å². The molecule has 0 saturated heterocycles. The lowest BCUT2D eigenvalue weighted by molar-refractivity contribution is 0.189. The Hall–Kier alpha value is -0.910. The van der Waals surface area contributed by atoms with Gasteiger partial charge in [0.2, 0.25) is 0 Å². The van der Waals surface area contributed by atoms with Gasteiger partial charge in [0.15, 0.2) is 0 Å². The minimum absolute atomic E-state index is 0.0988. The summed E-state index contributed by atoms with van der Waals surface area (Å²) < 4.78 is 2.93. The molecule has 1 amide bonds. The highest BCUT2D eigenvalue weighted by atomic mass is 79.9. The quantitative estimate of drug-likeness (QED) is 0.755. The first kappa shape index (κ1) is 13.1. The first-order valence-corrected chi connectivity index (χ1v) is 7.17. The topological polar surface area (TPSA) is 54.3 Å². The van der Waals surface area contributed by atoms with E-state index in [0.717, 1.165) is 21.1 Å². The van der Waals surface area contributed by atoms with Crippen molar-refractivity contribution in [3.63, 3.8) is 0 Å². The maximum absolute atomic E-state index is 10.7. The zero-order valence-electron chi connectivity index (χ0n) is 9.58. The summed E-state index contributed by atoms with van der Waals surface area (Å²) in [6, 6.07) is 3.63. The first-order valence-electron chi connectivity index (χ1n) is 5.62. The summed E-state index contributed by atoms with van der Waals surface area (Å²) >= 11 is 15.7. The van der Waals surface area contributed by atoms with Gasteiger partial charge in [-0.15, -0.1) is 0 Å². The Kier molecular flexibility index (Phi) is 3.15. The molecule has 1 atom stereocenters. The minimum atomic E-state index is -1.000. The largest absolute Gasteiger partial charge is 0.465 e. The molecule has 2 N–H and O–H groups in total. The molecule has 0 bridgehead atoms. The van der Waals surface area contributed by atoms with Crippen molar-refractivity contribution in [2.45, 2.75) is 19.0 Å². The van der Waals surface area contributed by atoms with Crippen LogP contribution in [0.15, 0.2) is 16.6 Å². The van der Waals surface area contributed by atoms with Crippen molar-refractivity contribution in [3.8, 4) is 0 Å². The van der Waals surface area contributed by atoms with Gasteiger partial charge in [0, 0.05) is 28.5 Å². The van der Waals surface area contributed by atoms with Crippen molar-refractivity contribution in [1.29, 1.82) is 0 Å². The fourth-order valence-corrected chi connectivity index (χ4v) is 3.78. The highest BCUT2D eigenvalue weighted by molar-refractivity contribution is 9.10. The summed E-state index contributed by atoms with van der Waals surface area (Å²) in [7, 11) is 0. The minimum Gasteiger partial charge on any atom is -0.465 e. The van der Waals surface area contributed by atoms with Crippen molar-refractivity contribution >= 4 is 56.1 Å². The fourth-order valence-electron chi connectivity index (χ4n) is 2.58. The maximum atomic E-state index is 10.7. The number of halogens is 3. The van der Waals surface area contributed by atoms with E-state index in [-0.39, 0.29) is 6.04 Å². The second kappa shape index (κ2) is 4.58. The molecular formula is C12H9BrCl2N2O2. The predicted molar refractivity (Wildman–Crippen MR) is 78.3 cm³/mol. The van der Waals surface area contributed by atoms with E-state index < -0.39 is 6.09 Å². The summed E-state index contributed by atoms with van der Waals surface area (Å²) in [4.78, 5) is 10.7. The first-order chi connectivity index (χ1) is 8.97. The number of hydrogen-bond acceptors (Lipinski definition) is 1. The number of hydrogen-bond donors (Lipinski definition) is 2. The van der Waals surface area contributed by atoms with Crippen LogP contribution >= 0.6 is 39.1 Å². The number of carbonyl (C=O) groups is 1. The Bertz CT molecular complexity index is 699. The molecule has 1 unspecified atom stereocenters. The summed E-state index contributed by atoms with van der Waals surface area (Å²) in [5.41, 5.74) is 2.01. The van der Waals surface area contributed by atoms with Crippen molar-refractivity contribution in [3.05, 3.63) is 32.3 Å². The third kappa shape index (κ3) is 2.10. The highest BCUT2D eigenvalue weighted by Gasteiger charge is 2.26. The van der Waals surface area contributed by atoms with E-state index in [1.54, 1.807) is 6.07 Å². The average molecular weight is 364 g/mol. The Morgan fingerprint density at radius 3 is 2.89 bits per heavy atom. The molecule has 0 spiro atoms. The van der Waals surface area contributed by atoms with Gasteiger partial charge in [-0.05, 0) is 28.1 Å². The molecular weight excluding hydrogens is 355 g/mol. The lowest BCUT2D eigenvalue weighted by atomic mass is 10.2.